The summed E-state index contributed by atoms with van der Waals surface area (Å²) < 4.78 is 0.370. The van der Waals surface area contributed by atoms with Gasteiger partial charge in [0.05, 0.1) is 5.69 Å². The lowest BCUT2D eigenvalue weighted by atomic mass is 10.2. The fraction of sp³-hybridized carbons (Fsp3) is 0.364. The first-order valence-electron chi connectivity index (χ1n) is 5.29. The van der Waals surface area contributed by atoms with Crippen LogP contribution in [0.4, 0.5) is 11.5 Å². The first-order valence-corrected chi connectivity index (χ1v) is 7.20. The number of carbonyl (C=O) groups excluding carboxylic acids is 1. The van der Waals surface area contributed by atoms with Gasteiger partial charge in [-0.3, -0.25) is 9.69 Å². The number of nitrogen functional groups attached to an aromatic ring is 1. The Balaban J connectivity index is 2.36. The fourth-order valence-corrected chi connectivity index (χ4v) is 2.81. The van der Waals surface area contributed by atoms with Crippen molar-refractivity contribution in [2.75, 3.05) is 22.5 Å². The van der Waals surface area contributed by atoms with E-state index in [1.807, 2.05) is 6.07 Å². The molecule has 18 heavy (non-hydrogen) atoms. The maximum Gasteiger partial charge on any atom is 0.228 e. The van der Waals surface area contributed by atoms with Crippen molar-refractivity contribution in [3.05, 3.63) is 16.2 Å². The lowest BCUT2D eigenvalue weighted by Crippen LogP contribution is -2.26. The molecule has 1 aromatic heterocycles. The van der Waals surface area contributed by atoms with E-state index in [1.54, 1.807) is 11.0 Å². The van der Waals surface area contributed by atoms with Crippen molar-refractivity contribution in [1.29, 1.82) is 5.26 Å². The number of nitrogens with two attached hydrogens (primary N) is 1. The summed E-state index contributed by atoms with van der Waals surface area (Å²) in [7, 11) is 0. The summed E-state index contributed by atoms with van der Waals surface area (Å²) in [4.78, 5) is 17.7. The van der Waals surface area contributed by atoms with Gasteiger partial charge < -0.3 is 5.73 Å². The summed E-state index contributed by atoms with van der Waals surface area (Å²) >= 11 is 6.58. The third-order valence-electron chi connectivity index (χ3n) is 2.80. The molecule has 1 atom stereocenters. The number of amides is 1. The Morgan fingerprint density at radius 3 is 2.89 bits per heavy atom. The molecule has 1 amide bonds. The van der Waals surface area contributed by atoms with E-state index < -0.39 is 0 Å². The number of nitriles is 1. The molecule has 5 nitrogen and oxygen atoms in total. The Hall–Kier alpha value is -1.13. The van der Waals surface area contributed by atoms with E-state index >= 15 is 0 Å². The molecule has 0 aliphatic carbocycles. The molecule has 1 aliphatic rings. The fourth-order valence-electron chi connectivity index (χ4n) is 1.87. The topological polar surface area (TPSA) is 83.0 Å². The third kappa shape index (κ3) is 2.35. The van der Waals surface area contributed by atoms with Gasteiger partial charge in [-0.25, -0.2) is 4.98 Å². The summed E-state index contributed by atoms with van der Waals surface area (Å²) in [6.45, 7) is 0.620. The molecule has 0 spiro atoms. The average molecular weight is 374 g/mol. The standard InChI is InChI=1S/C11H10Br2N4O/c12-3-6-1-10(18)17(5-6)9-2-8(15)7(4-14)11(13)16-9/h2,6H,1,3,5H2,(H2,15,16). The van der Waals surface area contributed by atoms with Gasteiger partial charge in [0.2, 0.25) is 5.91 Å². The molecule has 1 fully saturated rings. The molecule has 0 radical (unpaired) electrons. The van der Waals surface area contributed by atoms with Gasteiger partial charge in [0.1, 0.15) is 22.1 Å². The summed E-state index contributed by atoms with van der Waals surface area (Å²) in [6.07, 6.45) is 0.504. The Morgan fingerprint density at radius 2 is 2.39 bits per heavy atom. The van der Waals surface area contributed by atoms with E-state index in [4.69, 9.17) is 11.0 Å². The number of carbonyl (C=O) groups is 1. The van der Waals surface area contributed by atoms with Gasteiger partial charge in [-0.1, -0.05) is 15.9 Å². The van der Waals surface area contributed by atoms with Gasteiger partial charge in [-0.05, 0) is 21.8 Å². The smallest absolute Gasteiger partial charge is 0.228 e. The lowest BCUT2D eigenvalue weighted by molar-refractivity contribution is -0.117. The van der Waals surface area contributed by atoms with Crippen LogP contribution in [0.25, 0.3) is 0 Å². The van der Waals surface area contributed by atoms with Crippen LogP contribution in [0, 0.1) is 17.2 Å². The van der Waals surface area contributed by atoms with Gasteiger partial charge in [-0.2, -0.15) is 5.26 Å². The number of pyridine rings is 1. The molecule has 0 aromatic carbocycles. The molecule has 2 N–H and O–H groups in total. The van der Waals surface area contributed by atoms with Crippen molar-refractivity contribution < 1.29 is 4.79 Å². The van der Waals surface area contributed by atoms with E-state index in [-0.39, 0.29) is 11.8 Å². The van der Waals surface area contributed by atoms with Crippen molar-refractivity contribution in [1.82, 2.24) is 4.98 Å². The summed E-state index contributed by atoms with van der Waals surface area (Å²) in [5, 5.41) is 9.68. The lowest BCUT2D eigenvalue weighted by Gasteiger charge is -2.16. The zero-order chi connectivity index (χ0) is 13.3. The maximum absolute atomic E-state index is 11.9. The first kappa shape index (κ1) is 13.3. The monoisotopic (exact) mass is 372 g/mol. The molecular formula is C11H10Br2N4O. The molecule has 2 heterocycles. The van der Waals surface area contributed by atoms with Crippen LogP contribution in [0.5, 0.6) is 0 Å². The number of anilines is 2. The number of hydrogen-bond donors (Lipinski definition) is 1. The average Bonchev–Trinajstić information content (AvgIpc) is 2.70. The third-order valence-corrected chi connectivity index (χ3v) is 4.29. The molecule has 7 heteroatoms. The molecule has 1 aromatic rings. The minimum Gasteiger partial charge on any atom is -0.397 e. The molecule has 2 rings (SSSR count). The van der Waals surface area contributed by atoms with Crippen molar-refractivity contribution in [3.63, 3.8) is 0 Å². The SMILES string of the molecule is N#Cc1c(N)cc(N2CC(CBr)CC2=O)nc1Br. The highest BCUT2D eigenvalue weighted by molar-refractivity contribution is 9.10. The van der Waals surface area contributed by atoms with Crippen molar-refractivity contribution >= 4 is 49.3 Å². The van der Waals surface area contributed by atoms with Crippen LogP contribution in [0.15, 0.2) is 10.7 Å². The van der Waals surface area contributed by atoms with Gasteiger partial charge in [0.15, 0.2) is 0 Å². The van der Waals surface area contributed by atoms with E-state index in [0.29, 0.717) is 34.6 Å². The highest BCUT2D eigenvalue weighted by Crippen LogP contribution is 2.29. The zero-order valence-electron chi connectivity index (χ0n) is 9.36. The molecule has 1 unspecified atom stereocenters. The van der Waals surface area contributed by atoms with Crippen LogP contribution in [0.1, 0.15) is 12.0 Å². The Kier molecular flexibility index (Phi) is 3.88. The second kappa shape index (κ2) is 5.24. The normalized spacial score (nSPS) is 19.1. The van der Waals surface area contributed by atoms with Crippen LogP contribution in [-0.4, -0.2) is 22.8 Å². The second-order valence-electron chi connectivity index (χ2n) is 4.08. The van der Waals surface area contributed by atoms with Crippen LogP contribution < -0.4 is 10.6 Å². The quantitative estimate of drug-likeness (QED) is 0.635. The van der Waals surface area contributed by atoms with Crippen LogP contribution in [0.2, 0.25) is 0 Å². The maximum atomic E-state index is 11.9. The summed E-state index contributed by atoms with van der Waals surface area (Å²) in [6, 6.07) is 3.53. The van der Waals surface area contributed by atoms with Gasteiger partial charge in [-0.15, -0.1) is 0 Å². The molecule has 1 saturated heterocycles. The van der Waals surface area contributed by atoms with Gasteiger partial charge in [0, 0.05) is 24.4 Å². The number of hydrogen-bond acceptors (Lipinski definition) is 4. The number of rotatable bonds is 2. The first-order chi connectivity index (χ1) is 8.56. The number of aromatic nitrogens is 1. The van der Waals surface area contributed by atoms with Gasteiger partial charge >= 0.3 is 0 Å². The van der Waals surface area contributed by atoms with Crippen LogP contribution >= 0.6 is 31.9 Å². The number of nitrogens with zero attached hydrogens (tertiary/aromatic N) is 3. The molecule has 0 saturated carbocycles. The largest absolute Gasteiger partial charge is 0.397 e. The van der Waals surface area contributed by atoms with E-state index in [2.05, 4.69) is 36.8 Å². The minimum atomic E-state index is 0.0305. The Labute approximate surface area is 121 Å². The zero-order valence-corrected chi connectivity index (χ0v) is 12.5. The van der Waals surface area contributed by atoms with Crippen LogP contribution in [0.3, 0.4) is 0 Å². The van der Waals surface area contributed by atoms with E-state index in [0.717, 1.165) is 5.33 Å². The number of halogens is 2. The predicted octanol–water partition coefficient (Wildman–Crippen LogP) is 2.05. The Morgan fingerprint density at radius 1 is 1.67 bits per heavy atom. The van der Waals surface area contributed by atoms with Crippen LogP contribution in [-0.2, 0) is 4.79 Å². The minimum absolute atomic E-state index is 0.0305. The Bertz CT molecular complexity index is 517. The predicted molar refractivity (Wildman–Crippen MR) is 75.3 cm³/mol. The number of alkyl halides is 1. The highest BCUT2D eigenvalue weighted by Gasteiger charge is 2.31. The molecule has 94 valence electrons. The van der Waals surface area contributed by atoms with Gasteiger partial charge in [0.25, 0.3) is 0 Å². The summed E-state index contributed by atoms with van der Waals surface area (Å²) in [5.74, 6) is 0.810. The van der Waals surface area contributed by atoms with Crippen molar-refractivity contribution in [2.24, 2.45) is 5.92 Å². The van der Waals surface area contributed by atoms with Crippen molar-refractivity contribution in [2.45, 2.75) is 6.42 Å². The highest BCUT2D eigenvalue weighted by atomic mass is 79.9. The van der Waals surface area contributed by atoms with Crippen molar-refractivity contribution in [3.8, 4) is 6.07 Å². The second-order valence-corrected chi connectivity index (χ2v) is 5.47. The summed E-state index contributed by atoms with van der Waals surface area (Å²) in [5.41, 5.74) is 6.39. The molecule has 1 aliphatic heterocycles. The molecule has 0 bridgehead atoms. The van der Waals surface area contributed by atoms with E-state index in [9.17, 15) is 4.79 Å². The molecular weight excluding hydrogens is 364 g/mol. The van der Waals surface area contributed by atoms with E-state index in [1.165, 1.54) is 0 Å².